The topological polar surface area (TPSA) is 63.3 Å². The second kappa shape index (κ2) is 7.03. The molecule has 2 aromatic carbocycles. The number of ether oxygens (including phenoxy) is 3. The maximum absolute atomic E-state index is 12.5. The summed E-state index contributed by atoms with van der Waals surface area (Å²) in [7, 11) is 1.67. The van der Waals surface area contributed by atoms with Gasteiger partial charge in [-0.25, -0.2) is 4.79 Å². The maximum Gasteiger partial charge on any atom is 0.321 e. The van der Waals surface area contributed by atoms with Gasteiger partial charge in [0.2, 0.25) is 6.79 Å². The minimum Gasteiger partial charge on any atom is -0.495 e. The zero-order chi connectivity index (χ0) is 17.9. The normalized spacial score (nSPS) is 15.7. The van der Waals surface area contributed by atoms with E-state index in [1.54, 1.807) is 19.2 Å². The van der Waals surface area contributed by atoms with Crippen LogP contribution in [-0.4, -0.2) is 51.0 Å². The van der Waals surface area contributed by atoms with E-state index >= 15 is 0 Å². The molecule has 2 aliphatic rings. The third-order valence-electron chi connectivity index (χ3n) is 4.62. The molecule has 0 aliphatic carbocycles. The van der Waals surface area contributed by atoms with Gasteiger partial charge >= 0.3 is 6.03 Å². The summed E-state index contributed by atoms with van der Waals surface area (Å²) in [6, 6.07) is 13.2. The number of hydrogen-bond acceptors (Lipinski definition) is 5. The Morgan fingerprint density at radius 1 is 1.04 bits per heavy atom. The molecule has 0 unspecified atom stereocenters. The van der Waals surface area contributed by atoms with Crippen molar-refractivity contribution in [3.63, 3.8) is 0 Å². The first-order valence-electron chi connectivity index (χ1n) is 8.58. The van der Waals surface area contributed by atoms with E-state index < -0.39 is 0 Å². The van der Waals surface area contributed by atoms with E-state index in [1.165, 1.54) is 0 Å². The molecule has 136 valence electrons. The first-order chi connectivity index (χ1) is 12.7. The van der Waals surface area contributed by atoms with Crippen LogP contribution in [0.2, 0.25) is 0 Å². The molecule has 0 radical (unpaired) electrons. The largest absolute Gasteiger partial charge is 0.495 e. The highest BCUT2D eigenvalue weighted by Gasteiger charge is 2.23. The quantitative estimate of drug-likeness (QED) is 0.917. The second-order valence-electron chi connectivity index (χ2n) is 6.14. The molecular formula is C19H21N3O4. The fraction of sp³-hybridized carbons (Fsp3) is 0.316. The zero-order valence-electron chi connectivity index (χ0n) is 14.6. The monoisotopic (exact) mass is 355 g/mol. The number of nitrogens with one attached hydrogen (secondary N) is 1. The van der Waals surface area contributed by atoms with Gasteiger partial charge in [-0.2, -0.15) is 0 Å². The number of rotatable bonds is 3. The van der Waals surface area contributed by atoms with Crippen LogP contribution in [0.5, 0.6) is 17.2 Å². The molecule has 1 N–H and O–H groups in total. The lowest BCUT2D eigenvalue weighted by Gasteiger charge is -2.36. The van der Waals surface area contributed by atoms with Gasteiger partial charge in [0.15, 0.2) is 11.5 Å². The molecule has 0 saturated carbocycles. The van der Waals surface area contributed by atoms with Crippen molar-refractivity contribution in [2.75, 3.05) is 50.3 Å². The lowest BCUT2D eigenvalue weighted by Crippen LogP contribution is -2.50. The van der Waals surface area contributed by atoms with E-state index in [1.807, 2.05) is 35.2 Å². The van der Waals surface area contributed by atoms with Crippen LogP contribution in [-0.2, 0) is 0 Å². The molecule has 7 heteroatoms. The Hall–Kier alpha value is -3.09. The molecular weight excluding hydrogens is 334 g/mol. The van der Waals surface area contributed by atoms with Crippen LogP contribution in [0.4, 0.5) is 16.2 Å². The number of nitrogens with zero attached hydrogens (tertiary/aromatic N) is 2. The van der Waals surface area contributed by atoms with Gasteiger partial charge in [-0.15, -0.1) is 0 Å². The van der Waals surface area contributed by atoms with Gasteiger partial charge in [-0.1, -0.05) is 12.1 Å². The smallest absolute Gasteiger partial charge is 0.321 e. The minimum absolute atomic E-state index is 0.108. The van der Waals surface area contributed by atoms with Gasteiger partial charge in [-0.05, 0) is 24.3 Å². The molecule has 1 saturated heterocycles. The van der Waals surface area contributed by atoms with Crippen molar-refractivity contribution in [1.29, 1.82) is 0 Å². The molecule has 1 fully saturated rings. The van der Waals surface area contributed by atoms with Crippen molar-refractivity contribution in [3.8, 4) is 17.2 Å². The SMILES string of the molecule is COc1ccccc1N1CCN(C(=O)Nc2ccc3c(c2)OCO3)CC1. The lowest BCUT2D eigenvalue weighted by atomic mass is 10.2. The Balaban J connectivity index is 1.36. The van der Waals surface area contributed by atoms with Gasteiger partial charge in [0.25, 0.3) is 0 Å². The number of carbonyl (C=O) groups is 1. The number of para-hydroxylation sites is 2. The highest BCUT2D eigenvalue weighted by atomic mass is 16.7. The van der Waals surface area contributed by atoms with E-state index in [2.05, 4.69) is 10.2 Å². The Bertz CT molecular complexity index is 803. The number of methoxy groups -OCH3 is 1. The average molecular weight is 355 g/mol. The van der Waals surface area contributed by atoms with E-state index in [4.69, 9.17) is 14.2 Å². The summed E-state index contributed by atoms with van der Waals surface area (Å²) in [6.45, 7) is 3.03. The van der Waals surface area contributed by atoms with E-state index in [-0.39, 0.29) is 12.8 Å². The second-order valence-corrected chi connectivity index (χ2v) is 6.14. The van der Waals surface area contributed by atoms with Crippen LogP contribution in [0, 0.1) is 0 Å². The van der Waals surface area contributed by atoms with Crippen molar-refractivity contribution in [1.82, 2.24) is 4.90 Å². The van der Waals surface area contributed by atoms with E-state index in [9.17, 15) is 4.79 Å². The highest BCUT2D eigenvalue weighted by Crippen LogP contribution is 2.34. The minimum atomic E-state index is -0.108. The molecule has 26 heavy (non-hydrogen) atoms. The summed E-state index contributed by atoms with van der Waals surface area (Å²) >= 11 is 0. The highest BCUT2D eigenvalue weighted by molar-refractivity contribution is 5.90. The standard InChI is InChI=1S/C19H21N3O4/c1-24-16-5-3-2-4-15(16)21-8-10-22(11-9-21)19(23)20-14-6-7-17-18(12-14)26-13-25-17/h2-7,12H,8-11,13H2,1H3,(H,20,23). The molecule has 4 rings (SSSR count). The molecule has 0 spiro atoms. The van der Waals surface area contributed by atoms with Gasteiger partial charge in [0.05, 0.1) is 12.8 Å². The summed E-state index contributed by atoms with van der Waals surface area (Å²) in [4.78, 5) is 16.6. The van der Waals surface area contributed by atoms with Crippen LogP contribution in [0.25, 0.3) is 0 Å². The third kappa shape index (κ3) is 3.20. The van der Waals surface area contributed by atoms with Crippen LogP contribution in [0.3, 0.4) is 0 Å². The molecule has 0 aromatic heterocycles. The Kier molecular flexibility index (Phi) is 4.43. The lowest BCUT2D eigenvalue weighted by molar-refractivity contribution is 0.174. The fourth-order valence-electron chi connectivity index (χ4n) is 3.22. The van der Waals surface area contributed by atoms with Crippen molar-refractivity contribution >= 4 is 17.4 Å². The van der Waals surface area contributed by atoms with Crippen molar-refractivity contribution < 1.29 is 19.0 Å². The molecule has 0 bridgehead atoms. The summed E-state index contributed by atoms with van der Waals surface area (Å²) in [6.07, 6.45) is 0. The molecule has 2 aliphatic heterocycles. The molecule has 2 aromatic rings. The van der Waals surface area contributed by atoms with Crippen molar-refractivity contribution in [2.45, 2.75) is 0 Å². The van der Waals surface area contributed by atoms with Crippen LogP contribution in [0.15, 0.2) is 42.5 Å². The van der Waals surface area contributed by atoms with Crippen molar-refractivity contribution in [2.24, 2.45) is 0 Å². The maximum atomic E-state index is 12.5. The fourth-order valence-corrected chi connectivity index (χ4v) is 3.22. The Morgan fingerprint density at radius 2 is 1.81 bits per heavy atom. The summed E-state index contributed by atoms with van der Waals surface area (Å²) in [5.41, 5.74) is 1.76. The first-order valence-corrected chi connectivity index (χ1v) is 8.58. The molecule has 2 amide bonds. The average Bonchev–Trinajstić information content (AvgIpc) is 3.16. The number of carbonyl (C=O) groups excluding carboxylic acids is 1. The van der Waals surface area contributed by atoms with Crippen molar-refractivity contribution in [3.05, 3.63) is 42.5 Å². The number of urea groups is 1. The zero-order valence-corrected chi connectivity index (χ0v) is 14.6. The van der Waals surface area contributed by atoms with E-state index in [0.717, 1.165) is 24.5 Å². The van der Waals surface area contributed by atoms with Gasteiger partial charge in [0, 0.05) is 37.9 Å². The summed E-state index contributed by atoms with van der Waals surface area (Å²) in [5, 5.41) is 2.93. The predicted molar refractivity (Wildman–Crippen MR) is 98.4 cm³/mol. The molecule has 0 atom stereocenters. The number of hydrogen-bond donors (Lipinski definition) is 1. The number of fused-ring (bicyclic) bond motifs is 1. The predicted octanol–water partition coefficient (Wildman–Crippen LogP) is 2.78. The van der Waals surface area contributed by atoms with Crippen LogP contribution >= 0.6 is 0 Å². The van der Waals surface area contributed by atoms with Crippen LogP contribution in [0.1, 0.15) is 0 Å². The first kappa shape index (κ1) is 16.4. The Labute approximate surface area is 152 Å². The number of anilines is 2. The van der Waals surface area contributed by atoms with E-state index in [0.29, 0.717) is 30.3 Å². The third-order valence-corrected chi connectivity index (χ3v) is 4.62. The van der Waals surface area contributed by atoms with Crippen LogP contribution < -0.4 is 24.4 Å². The Morgan fingerprint density at radius 3 is 2.62 bits per heavy atom. The van der Waals surface area contributed by atoms with Gasteiger partial charge in [0.1, 0.15) is 5.75 Å². The number of piperazine rings is 1. The summed E-state index contributed by atoms with van der Waals surface area (Å²) < 4.78 is 16.1. The summed E-state index contributed by atoms with van der Waals surface area (Å²) in [5.74, 6) is 2.21. The number of amides is 2. The van der Waals surface area contributed by atoms with Gasteiger partial charge in [-0.3, -0.25) is 0 Å². The van der Waals surface area contributed by atoms with Gasteiger partial charge < -0.3 is 29.3 Å². The molecule has 2 heterocycles. The molecule has 7 nitrogen and oxygen atoms in total. The number of benzene rings is 2.